The third kappa shape index (κ3) is 1.94. The number of amides is 1. The summed E-state index contributed by atoms with van der Waals surface area (Å²) in [6.07, 6.45) is 1.18. The molecular weight excluding hydrogens is 211 g/mol. The molecule has 88 valence electrons. The van der Waals surface area contributed by atoms with Crippen LogP contribution in [0.15, 0.2) is 10.6 Å². The van der Waals surface area contributed by atoms with Gasteiger partial charge in [-0.25, -0.2) is 4.39 Å². The van der Waals surface area contributed by atoms with Gasteiger partial charge in [-0.2, -0.15) is 0 Å². The number of rotatable bonds is 2. The van der Waals surface area contributed by atoms with Crippen molar-refractivity contribution >= 4 is 5.91 Å². The van der Waals surface area contributed by atoms with Crippen molar-refractivity contribution < 1.29 is 13.7 Å². The summed E-state index contributed by atoms with van der Waals surface area (Å²) in [5.74, 6) is 0.311. The molecule has 2 rings (SSSR count). The van der Waals surface area contributed by atoms with Crippen LogP contribution in [0.2, 0.25) is 0 Å². The first-order valence-corrected chi connectivity index (χ1v) is 5.44. The van der Waals surface area contributed by atoms with Crippen LogP contribution in [-0.2, 0) is 0 Å². The largest absolute Gasteiger partial charge is 0.361 e. The average molecular weight is 226 g/mol. The van der Waals surface area contributed by atoms with Crippen LogP contribution in [0.4, 0.5) is 4.39 Å². The van der Waals surface area contributed by atoms with E-state index in [0.29, 0.717) is 12.2 Å². The lowest BCUT2D eigenvalue weighted by Gasteiger charge is -2.25. The maximum atomic E-state index is 13.5. The van der Waals surface area contributed by atoms with Crippen LogP contribution in [0.1, 0.15) is 35.5 Å². The van der Waals surface area contributed by atoms with Crippen molar-refractivity contribution in [3.8, 4) is 0 Å². The molecule has 1 saturated carbocycles. The standard InChI is InChI=1S/C11H15FN2O2/c1-7-6-9(13-16-7)11(15)14(2)10-5-3-4-8(10)12/h6,8,10H,3-5H2,1-2H3. The normalized spacial score (nSPS) is 24.7. The molecule has 5 heteroatoms. The minimum absolute atomic E-state index is 0.249. The van der Waals surface area contributed by atoms with Gasteiger partial charge in [-0.15, -0.1) is 0 Å². The van der Waals surface area contributed by atoms with Crippen LogP contribution in [0.25, 0.3) is 0 Å². The molecule has 2 unspecified atom stereocenters. The lowest BCUT2D eigenvalue weighted by molar-refractivity contribution is 0.0657. The molecular formula is C11H15FN2O2. The number of hydrogen-bond acceptors (Lipinski definition) is 3. The van der Waals surface area contributed by atoms with Crippen molar-refractivity contribution in [1.82, 2.24) is 10.1 Å². The molecule has 0 saturated heterocycles. The minimum Gasteiger partial charge on any atom is -0.361 e. The molecule has 0 spiro atoms. The van der Waals surface area contributed by atoms with Crippen molar-refractivity contribution in [2.45, 2.75) is 38.4 Å². The first-order chi connectivity index (χ1) is 7.59. The first-order valence-electron chi connectivity index (χ1n) is 5.44. The fourth-order valence-corrected chi connectivity index (χ4v) is 2.13. The number of hydrogen-bond donors (Lipinski definition) is 0. The molecule has 1 heterocycles. The predicted molar refractivity (Wildman–Crippen MR) is 55.9 cm³/mol. The maximum Gasteiger partial charge on any atom is 0.276 e. The molecule has 0 radical (unpaired) electrons. The summed E-state index contributed by atoms with van der Waals surface area (Å²) in [5.41, 5.74) is 0.249. The molecule has 1 aliphatic rings. The number of carbonyl (C=O) groups is 1. The second kappa shape index (κ2) is 4.23. The topological polar surface area (TPSA) is 46.3 Å². The fraction of sp³-hybridized carbons (Fsp3) is 0.636. The molecule has 0 aromatic carbocycles. The Bertz CT molecular complexity index is 391. The minimum atomic E-state index is -0.915. The number of carbonyl (C=O) groups excluding carboxylic acids is 1. The molecule has 1 aromatic rings. The average Bonchev–Trinajstić information content (AvgIpc) is 2.85. The molecule has 4 nitrogen and oxygen atoms in total. The molecule has 1 fully saturated rings. The van der Waals surface area contributed by atoms with E-state index in [-0.39, 0.29) is 17.6 Å². The Morgan fingerprint density at radius 1 is 1.62 bits per heavy atom. The van der Waals surface area contributed by atoms with Gasteiger partial charge in [0.2, 0.25) is 0 Å². The fourth-order valence-electron chi connectivity index (χ4n) is 2.13. The van der Waals surface area contributed by atoms with Crippen molar-refractivity contribution in [2.75, 3.05) is 7.05 Å². The molecule has 16 heavy (non-hydrogen) atoms. The number of alkyl halides is 1. The van der Waals surface area contributed by atoms with Crippen LogP contribution in [0.5, 0.6) is 0 Å². The summed E-state index contributed by atoms with van der Waals surface area (Å²) in [5, 5.41) is 3.64. The van der Waals surface area contributed by atoms with Crippen LogP contribution < -0.4 is 0 Å². The van der Waals surface area contributed by atoms with E-state index in [4.69, 9.17) is 4.52 Å². The molecule has 0 N–H and O–H groups in total. The Hall–Kier alpha value is -1.39. The second-order valence-electron chi connectivity index (χ2n) is 4.25. The van der Waals surface area contributed by atoms with Crippen molar-refractivity contribution in [1.29, 1.82) is 0 Å². The number of aryl methyl sites for hydroxylation is 1. The van der Waals surface area contributed by atoms with Gasteiger partial charge in [0.1, 0.15) is 11.9 Å². The van der Waals surface area contributed by atoms with Crippen LogP contribution >= 0.6 is 0 Å². The van der Waals surface area contributed by atoms with Gasteiger partial charge in [0.05, 0.1) is 6.04 Å². The Morgan fingerprint density at radius 3 is 2.88 bits per heavy atom. The molecule has 1 aromatic heterocycles. The molecule has 0 aliphatic heterocycles. The van der Waals surface area contributed by atoms with Crippen LogP contribution in [0.3, 0.4) is 0 Å². The summed E-state index contributed by atoms with van der Waals surface area (Å²) in [7, 11) is 1.62. The highest BCUT2D eigenvalue weighted by molar-refractivity contribution is 5.92. The van der Waals surface area contributed by atoms with E-state index in [9.17, 15) is 9.18 Å². The van der Waals surface area contributed by atoms with Gasteiger partial charge in [-0.3, -0.25) is 4.79 Å². The Morgan fingerprint density at radius 2 is 2.38 bits per heavy atom. The van der Waals surface area contributed by atoms with Crippen LogP contribution in [0, 0.1) is 6.92 Å². The van der Waals surface area contributed by atoms with Gasteiger partial charge in [-0.1, -0.05) is 5.16 Å². The molecule has 1 aliphatic carbocycles. The van der Waals surface area contributed by atoms with Crippen molar-refractivity contribution in [2.24, 2.45) is 0 Å². The third-order valence-corrected chi connectivity index (χ3v) is 3.06. The summed E-state index contributed by atoms with van der Waals surface area (Å²) in [6, 6.07) is 1.26. The van der Waals surface area contributed by atoms with E-state index in [1.165, 1.54) is 4.90 Å². The van der Waals surface area contributed by atoms with E-state index in [0.717, 1.165) is 12.8 Å². The van der Waals surface area contributed by atoms with Gasteiger partial charge in [-0.05, 0) is 26.2 Å². The van der Waals surface area contributed by atoms with Gasteiger partial charge >= 0.3 is 0 Å². The zero-order valence-electron chi connectivity index (χ0n) is 9.44. The van der Waals surface area contributed by atoms with E-state index in [1.807, 2.05) is 0 Å². The van der Waals surface area contributed by atoms with Gasteiger partial charge < -0.3 is 9.42 Å². The van der Waals surface area contributed by atoms with E-state index < -0.39 is 6.17 Å². The SMILES string of the molecule is Cc1cc(C(=O)N(C)C2CCCC2F)no1. The van der Waals surface area contributed by atoms with Crippen molar-refractivity contribution in [3.63, 3.8) is 0 Å². The lowest BCUT2D eigenvalue weighted by Crippen LogP contribution is -2.40. The maximum absolute atomic E-state index is 13.5. The van der Waals surface area contributed by atoms with Gasteiger partial charge in [0.25, 0.3) is 5.91 Å². The summed E-state index contributed by atoms with van der Waals surface area (Å²) in [6.45, 7) is 1.72. The highest BCUT2D eigenvalue weighted by Crippen LogP contribution is 2.26. The van der Waals surface area contributed by atoms with E-state index in [2.05, 4.69) is 5.16 Å². The summed E-state index contributed by atoms with van der Waals surface area (Å²) < 4.78 is 18.3. The molecule has 1 amide bonds. The smallest absolute Gasteiger partial charge is 0.276 e. The van der Waals surface area contributed by atoms with E-state index in [1.54, 1.807) is 20.0 Å². The number of aromatic nitrogens is 1. The number of nitrogens with zero attached hydrogens (tertiary/aromatic N) is 2. The second-order valence-corrected chi connectivity index (χ2v) is 4.25. The lowest BCUT2D eigenvalue weighted by atomic mass is 10.2. The molecule has 2 atom stereocenters. The Labute approximate surface area is 93.4 Å². The summed E-state index contributed by atoms with van der Waals surface area (Å²) >= 11 is 0. The first kappa shape index (κ1) is 11.1. The summed E-state index contributed by atoms with van der Waals surface area (Å²) in [4.78, 5) is 13.4. The zero-order valence-corrected chi connectivity index (χ0v) is 9.44. The van der Waals surface area contributed by atoms with Gasteiger partial charge in [0.15, 0.2) is 5.69 Å². The quantitative estimate of drug-likeness (QED) is 0.774. The monoisotopic (exact) mass is 226 g/mol. The van der Waals surface area contributed by atoms with Crippen molar-refractivity contribution in [3.05, 3.63) is 17.5 Å². The third-order valence-electron chi connectivity index (χ3n) is 3.06. The number of halogens is 1. The highest BCUT2D eigenvalue weighted by atomic mass is 19.1. The van der Waals surface area contributed by atoms with Crippen LogP contribution in [-0.4, -0.2) is 35.2 Å². The Kier molecular flexibility index (Phi) is 2.94. The van der Waals surface area contributed by atoms with E-state index >= 15 is 0 Å². The highest BCUT2D eigenvalue weighted by Gasteiger charge is 2.33. The predicted octanol–water partition coefficient (Wildman–Crippen LogP) is 1.95. The van der Waals surface area contributed by atoms with Gasteiger partial charge in [0, 0.05) is 13.1 Å². The zero-order chi connectivity index (χ0) is 11.7. The molecule has 0 bridgehead atoms. The Balaban J connectivity index is 2.10.